The predicted octanol–water partition coefficient (Wildman–Crippen LogP) is 13.0. The van der Waals surface area contributed by atoms with Crippen LogP contribution in [0, 0.1) is 0 Å². The lowest BCUT2D eigenvalue weighted by molar-refractivity contribution is 1.48. The second-order valence-electron chi connectivity index (χ2n) is 12.2. The van der Waals surface area contributed by atoms with Crippen molar-refractivity contribution in [1.29, 1.82) is 0 Å². The third-order valence-corrected chi connectivity index (χ3v) is 9.04. The SMILES string of the molecule is Pc1ccccc1.c1ccc(-c2cccc(Nc3c(-c4ccccc4)ccc(-c4ccccc4)c3Nc3cccc(-c4ccccc4)c3)c2)cc1. The lowest BCUT2D eigenvalue weighted by Crippen LogP contribution is -2.02. The molecule has 0 bridgehead atoms. The third-order valence-electron chi connectivity index (χ3n) is 8.65. The van der Waals surface area contributed by atoms with Crippen LogP contribution < -0.4 is 15.9 Å². The van der Waals surface area contributed by atoms with Gasteiger partial charge in [0, 0.05) is 22.5 Å². The second kappa shape index (κ2) is 16.5. The third kappa shape index (κ3) is 8.51. The maximum absolute atomic E-state index is 3.86. The van der Waals surface area contributed by atoms with Gasteiger partial charge in [-0.25, -0.2) is 0 Å². The van der Waals surface area contributed by atoms with Crippen LogP contribution in [-0.4, -0.2) is 0 Å². The number of hydrogen-bond acceptors (Lipinski definition) is 2. The molecule has 0 heterocycles. The topological polar surface area (TPSA) is 24.1 Å². The van der Waals surface area contributed by atoms with Gasteiger partial charge in [-0.15, -0.1) is 9.24 Å². The monoisotopic (exact) mass is 674 g/mol. The number of rotatable bonds is 8. The van der Waals surface area contributed by atoms with Gasteiger partial charge in [-0.1, -0.05) is 188 Å². The Labute approximate surface area is 303 Å². The summed E-state index contributed by atoms with van der Waals surface area (Å²) in [6.07, 6.45) is 0. The van der Waals surface area contributed by atoms with E-state index in [0.717, 1.165) is 45.0 Å². The number of benzene rings is 8. The van der Waals surface area contributed by atoms with Gasteiger partial charge in [0.1, 0.15) is 0 Å². The first-order valence-electron chi connectivity index (χ1n) is 17.1. The van der Waals surface area contributed by atoms with Gasteiger partial charge in [0.15, 0.2) is 0 Å². The van der Waals surface area contributed by atoms with E-state index < -0.39 is 0 Å². The molecule has 246 valence electrons. The molecule has 0 fully saturated rings. The van der Waals surface area contributed by atoms with Crippen LogP contribution in [0.2, 0.25) is 0 Å². The molecule has 0 radical (unpaired) electrons. The fourth-order valence-electron chi connectivity index (χ4n) is 6.13. The molecule has 0 saturated carbocycles. The van der Waals surface area contributed by atoms with Crippen molar-refractivity contribution in [3.63, 3.8) is 0 Å². The highest BCUT2D eigenvalue weighted by atomic mass is 31.0. The van der Waals surface area contributed by atoms with Crippen molar-refractivity contribution in [2.75, 3.05) is 10.6 Å². The van der Waals surface area contributed by atoms with Crippen molar-refractivity contribution < 1.29 is 0 Å². The van der Waals surface area contributed by atoms with Crippen molar-refractivity contribution in [3.05, 3.63) is 212 Å². The fraction of sp³-hybridized carbons (Fsp3) is 0. The number of nitrogens with one attached hydrogen (secondary N) is 2. The summed E-state index contributed by atoms with van der Waals surface area (Å²) in [5, 5.41) is 8.97. The first-order valence-corrected chi connectivity index (χ1v) is 17.7. The maximum Gasteiger partial charge on any atom is 0.0709 e. The van der Waals surface area contributed by atoms with Gasteiger partial charge < -0.3 is 10.6 Å². The van der Waals surface area contributed by atoms with Crippen LogP contribution in [0.15, 0.2) is 212 Å². The molecule has 1 unspecified atom stereocenters. The largest absolute Gasteiger partial charge is 0.353 e. The summed E-state index contributed by atoms with van der Waals surface area (Å²) in [6.45, 7) is 0. The number of anilines is 4. The molecule has 8 rings (SSSR count). The fourth-order valence-corrected chi connectivity index (χ4v) is 6.36. The van der Waals surface area contributed by atoms with Crippen LogP contribution in [0.5, 0.6) is 0 Å². The summed E-state index contributed by atoms with van der Waals surface area (Å²) < 4.78 is 0. The Bertz CT molecular complexity index is 2140. The van der Waals surface area contributed by atoms with Crippen LogP contribution in [0.4, 0.5) is 22.7 Å². The molecular weight excluding hydrogens is 636 g/mol. The Balaban J connectivity index is 0.000000520. The molecule has 51 heavy (non-hydrogen) atoms. The van der Waals surface area contributed by atoms with Crippen molar-refractivity contribution in [3.8, 4) is 44.5 Å². The zero-order valence-electron chi connectivity index (χ0n) is 28.3. The lowest BCUT2D eigenvalue weighted by atomic mass is 9.95. The quantitative estimate of drug-likeness (QED) is 0.157. The Morgan fingerprint density at radius 1 is 0.275 bits per heavy atom. The lowest BCUT2D eigenvalue weighted by Gasteiger charge is -2.23. The molecular formula is C48H39N2P. The summed E-state index contributed by atoms with van der Waals surface area (Å²) in [5.74, 6) is 0. The Morgan fingerprint density at radius 2 is 0.588 bits per heavy atom. The molecule has 0 aliphatic heterocycles. The summed E-state index contributed by atoms with van der Waals surface area (Å²) in [5.41, 5.74) is 13.3. The van der Waals surface area contributed by atoms with Gasteiger partial charge in [-0.05, 0) is 63.0 Å². The van der Waals surface area contributed by atoms with Crippen molar-refractivity contribution in [2.24, 2.45) is 0 Å². The highest BCUT2D eigenvalue weighted by molar-refractivity contribution is 7.27. The van der Waals surface area contributed by atoms with Crippen LogP contribution in [0.1, 0.15) is 0 Å². The van der Waals surface area contributed by atoms with E-state index in [9.17, 15) is 0 Å². The summed E-state index contributed by atoms with van der Waals surface area (Å²) in [7, 11) is 2.63. The summed E-state index contributed by atoms with van der Waals surface area (Å²) in [6, 6.07) is 74.1. The molecule has 2 N–H and O–H groups in total. The summed E-state index contributed by atoms with van der Waals surface area (Å²) >= 11 is 0. The van der Waals surface area contributed by atoms with Crippen LogP contribution in [0.25, 0.3) is 44.5 Å². The van der Waals surface area contributed by atoms with Crippen LogP contribution >= 0.6 is 9.24 Å². The molecule has 1 atom stereocenters. The smallest absolute Gasteiger partial charge is 0.0709 e. The van der Waals surface area contributed by atoms with Crippen molar-refractivity contribution >= 4 is 37.3 Å². The van der Waals surface area contributed by atoms with E-state index in [-0.39, 0.29) is 0 Å². The minimum atomic E-state index is 1.02. The normalized spacial score (nSPS) is 10.5. The zero-order valence-corrected chi connectivity index (χ0v) is 29.4. The van der Waals surface area contributed by atoms with E-state index in [1.807, 2.05) is 30.3 Å². The second-order valence-corrected chi connectivity index (χ2v) is 12.9. The predicted molar refractivity (Wildman–Crippen MR) is 223 cm³/mol. The average molecular weight is 675 g/mol. The van der Waals surface area contributed by atoms with E-state index in [0.29, 0.717) is 0 Å². The summed E-state index contributed by atoms with van der Waals surface area (Å²) in [4.78, 5) is 0. The standard InChI is InChI=1S/C42H32N2.C6H7P/c1-5-15-31(16-6-1)35-23-13-25-37(29-35)43-41-39(33-19-9-3-10-20-33)27-28-40(34-21-11-4-12-22-34)42(41)44-38-26-14-24-36(30-38)32-17-7-2-8-18-32;7-6-4-2-1-3-5-6/h1-30,43-44H;1-5H,7H2. The van der Waals surface area contributed by atoms with E-state index in [2.05, 4.69) is 202 Å². The molecule has 0 spiro atoms. The van der Waals surface area contributed by atoms with E-state index in [1.54, 1.807) is 0 Å². The highest BCUT2D eigenvalue weighted by Gasteiger charge is 2.18. The molecule has 0 saturated heterocycles. The Morgan fingerprint density at radius 3 is 0.922 bits per heavy atom. The van der Waals surface area contributed by atoms with E-state index in [4.69, 9.17) is 0 Å². The van der Waals surface area contributed by atoms with E-state index >= 15 is 0 Å². The molecule has 0 aliphatic carbocycles. The van der Waals surface area contributed by atoms with Crippen molar-refractivity contribution in [1.82, 2.24) is 0 Å². The molecule has 8 aromatic carbocycles. The van der Waals surface area contributed by atoms with Gasteiger partial charge in [0.25, 0.3) is 0 Å². The van der Waals surface area contributed by atoms with Crippen LogP contribution in [0.3, 0.4) is 0 Å². The minimum absolute atomic E-state index is 1.02. The number of hydrogen-bond donors (Lipinski definition) is 2. The molecule has 3 heteroatoms. The minimum Gasteiger partial charge on any atom is -0.353 e. The van der Waals surface area contributed by atoms with Gasteiger partial charge in [0.2, 0.25) is 0 Å². The van der Waals surface area contributed by atoms with Gasteiger partial charge >= 0.3 is 0 Å². The Hall–Kier alpha value is -6.21. The van der Waals surface area contributed by atoms with Crippen LogP contribution in [-0.2, 0) is 0 Å². The molecule has 0 aromatic heterocycles. The highest BCUT2D eigenvalue weighted by Crippen LogP contribution is 2.44. The van der Waals surface area contributed by atoms with Crippen molar-refractivity contribution in [2.45, 2.75) is 0 Å². The Kier molecular flexibility index (Phi) is 10.7. The van der Waals surface area contributed by atoms with Gasteiger partial charge in [-0.3, -0.25) is 0 Å². The average Bonchev–Trinajstić information content (AvgIpc) is 3.20. The maximum atomic E-state index is 3.86. The molecule has 0 amide bonds. The molecule has 0 aliphatic rings. The zero-order chi connectivity index (χ0) is 34.7. The molecule has 8 aromatic rings. The van der Waals surface area contributed by atoms with E-state index in [1.165, 1.54) is 27.6 Å². The molecule has 2 nitrogen and oxygen atoms in total. The first-order chi connectivity index (χ1) is 25.2. The van der Waals surface area contributed by atoms with Gasteiger partial charge in [-0.2, -0.15) is 0 Å². The van der Waals surface area contributed by atoms with Gasteiger partial charge in [0.05, 0.1) is 11.4 Å². The first kappa shape index (κ1) is 33.3.